The minimum Gasteiger partial charge on any atom is -0.397 e. The summed E-state index contributed by atoms with van der Waals surface area (Å²) in [5.74, 6) is 0. The molecule has 0 bridgehead atoms. The molecular formula is C7H4Cl2F3NO3S. The van der Waals surface area contributed by atoms with Gasteiger partial charge in [0.25, 0.3) is 10.1 Å². The fraction of sp³-hybridized carbons (Fsp3) is 0.143. The van der Waals surface area contributed by atoms with E-state index in [4.69, 9.17) is 33.5 Å². The first-order valence-corrected chi connectivity index (χ1v) is 5.98. The van der Waals surface area contributed by atoms with Crippen molar-refractivity contribution >= 4 is 39.0 Å². The summed E-state index contributed by atoms with van der Waals surface area (Å²) >= 11 is 10.6. The molecule has 0 aliphatic carbocycles. The molecule has 0 saturated heterocycles. The number of nitrogen functional groups attached to an aromatic ring is 1. The molecule has 17 heavy (non-hydrogen) atoms. The molecule has 0 amide bonds. The smallest absolute Gasteiger partial charge is 0.397 e. The van der Waals surface area contributed by atoms with Crippen LogP contribution in [0.2, 0.25) is 10.0 Å². The van der Waals surface area contributed by atoms with E-state index in [0.29, 0.717) is 6.07 Å². The van der Waals surface area contributed by atoms with Gasteiger partial charge in [-0.05, 0) is 6.07 Å². The SMILES string of the molecule is Nc1cc(Cl)c(S(=O)(=O)O)c(C(F)(F)F)c1Cl. The van der Waals surface area contributed by atoms with Gasteiger partial charge >= 0.3 is 6.18 Å². The van der Waals surface area contributed by atoms with Gasteiger partial charge < -0.3 is 5.73 Å². The topological polar surface area (TPSA) is 80.4 Å². The Morgan fingerprint density at radius 3 is 2.12 bits per heavy atom. The molecule has 4 nitrogen and oxygen atoms in total. The molecule has 0 spiro atoms. The Hall–Kier alpha value is -0.700. The standard InChI is InChI=1S/C7H4Cl2F3NO3S/c8-2-1-3(13)5(9)4(7(10,11)12)6(2)17(14,15)16/h1H,13H2,(H,14,15,16). The van der Waals surface area contributed by atoms with Crippen LogP contribution in [0.4, 0.5) is 18.9 Å². The summed E-state index contributed by atoms with van der Waals surface area (Å²) in [4.78, 5) is -1.51. The molecule has 0 aliphatic rings. The second-order valence-corrected chi connectivity index (χ2v) is 5.08. The highest BCUT2D eigenvalue weighted by molar-refractivity contribution is 7.86. The maximum atomic E-state index is 12.6. The van der Waals surface area contributed by atoms with E-state index in [1.54, 1.807) is 0 Å². The van der Waals surface area contributed by atoms with Gasteiger partial charge in [-0.2, -0.15) is 21.6 Å². The van der Waals surface area contributed by atoms with Gasteiger partial charge in [0.1, 0.15) is 4.90 Å². The summed E-state index contributed by atoms with van der Waals surface area (Å²) in [6.45, 7) is 0. The van der Waals surface area contributed by atoms with Gasteiger partial charge in [0.15, 0.2) is 0 Å². The molecule has 0 unspecified atom stereocenters. The molecule has 0 saturated carbocycles. The van der Waals surface area contributed by atoms with E-state index < -0.39 is 42.5 Å². The van der Waals surface area contributed by atoms with Crippen LogP contribution in [0.15, 0.2) is 11.0 Å². The first-order chi connectivity index (χ1) is 7.46. The summed E-state index contributed by atoms with van der Waals surface area (Å²) in [6, 6.07) is 0.711. The Kier molecular flexibility index (Phi) is 3.55. The van der Waals surface area contributed by atoms with Crippen molar-refractivity contribution in [1.82, 2.24) is 0 Å². The van der Waals surface area contributed by atoms with E-state index >= 15 is 0 Å². The van der Waals surface area contributed by atoms with Crippen molar-refractivity contribution in [2.24, 2.45) is 0 Å². The van der Waals surface area contributed by atoms with Crippen LogP contribution in [0.1, 0.15) is 5.56 Å². The van der Waals surface area contributed by atoms with E-state index in [9.17, 15) is 21.6 Å². The van der Waals surface area contributed by atoms with Crippen LogP contribution >= 0.6 is 23.2 Å². The molecule has 0 fully saturated rings. The molecule has 10 heteroatoms. The molecule has 1 aromatic carbocycles. The predicted octanol–water partition coefficient (Wildman–Crippen LogP) is 2.84. The summed E-state index contributed by atoms with van der Waals surface area (Å²) < 4.78 is 68.3. The number of halogens is 5. The molecule has 3 N–H and O–H groups in total. The highest BCUT2D eigenvalue weighted by Gasteiger charge is 2.41. The second-order valence-electron chi connectivity index (χ2n) is 2.94. The molecule has 1 aromatic rings. The third-order valence-electron chi connectivity index (χ3n) is 1.74. The van der Waals surface area contributed by atoms with Crippen LogP contribution in [0.5, 0.6) is 0 Å². The van der Waals surface area contributed by atoms with E-state index in [2.05, 4.69) is 0 Å². The largest absolute Gasteiger partial charge is 0.419 e. The van der Waals surface area contributed by atoms with Crippen molar-refractivity contribution in [2.45, 2.75) is 11.1 Å². The zero-order valence-corrected chi connectivity index (χ0v) is 10.0. The minimum atomic E-state index is -5.18. The van der Waals surface area contributed by atoms with Crippen molar-refractivity contribution in [3.63, 3.8) is 0 Å². The lowest BCUT2D eigenvalue weighted by Gasteiger charge is -2.15. The van der Waals surface area contributed by atoms with Crippen LogP contribution in [-0.2, 0) is 16.3 Å². The van der Waals surface area contributed by atoms with Gasteiger partial charge in [0.05, 0.1) is 21.3 Å². The Bertz CT molecular complexity index is 571. The number of hydrogen-bond donors (Lipinski definition) is 2. The fourth-order valence-electron chi connectivity index (χ4n) is 1.13. The zero-order valence-electron chi connectivity index (χ0n) is 7.72. The maximum Gasteiger partial charge on any atom is 0.419 e. The Balaban J connectivity index is 3.89. The molecule has 0 aliphatic heterocycles. The molecule has 1 rings (SSSR count). The Labute approximate surface area is 104 Å². The lowest BCUT2D eigenvalue weighted by atomic mass is 10.2. The first kappa shape index (κ1) is 14.4. The lowest BCUT2D eigenvalue weighted by molar-refractivity contribution is -0.139. The van der Waals surface area contributed by atoms with Crippen molar-refractivity contribution in [2.75, 3.05) is 5.73 Å². The summed E-state index contributed by atoms with van der Waals surface area (Å²) in [5.41, 5.74) is 2.81. The normalized spacial score (nSPS) is 12.8. The first-order valence-electron chi connectivity index (χ1n) is 3.78. The van der Waals surface area contributed by atoms with Crippen molar-refractivity contribution in [3.05, 3.63) is 21.7 Å². The summed E-state index contributed by atoms with van der Waals surface area (Å²) in [7, 11) is -5.18. The Morgan fingerprint density at radius 2 is 1.76 bits per heavy atom. The number of benzene rings is 1. The van der Waals surface area contributed by atoms with Gasteiger partial charge in [0, 0.05) is 0 Å². The minimum absolute atomic E-state index is 0.545. The third-order valence-corrected chi connectivity index (χ3v) is 3.50. The van der Waals surface area contributed by atoms with Crippen LogP contribution in [0, 0.1) is 0 Å². The average Bonchev–Trinajstić information content (AvgIpc) is 2.06. The van der Waals surface area contributed by atoms with E-state index in [-0.39, 0.29) is 0 Å². The lowest BCUT2D eigenvalue weighted by Crippen LogP contribution is -2.15. The fourth-order valence-corrected chi connectivity index (χ4v) is 2.73. The van der Waals surface area contributed by atoms with E-state index in [0.717, 1.165) is 0 Å². The summed E-state index contributed by atoms with van der Waals surface area (Å²) in [6.07, 6.45) is -5.12. The quantitative estimate of drug-likeness (QED) is 0.617. The number of rotatable bonds is 1. The monoisotopic (exact) mass is 309 g/mol. The Morgan fingerprint density at radius 1 is 1.29 bits per heavy atom. The van der Waals surface area contributed by atoms with Crippen LogP contribution in [-0.4, -0.2) is 13.0 Å². The van der Waals surface area contributed by atoms with Crippen LogP contribution in [0.3, 0.4) is 0 Å². The van der Waals surface area contributed by atoms with Gasteiger partial charge in [-0.15, -0.1) is 0 Å². The molecule has 0 atom stereocenters. The number of hydrogen-bond acceptors (Lipinski definition) is 3. The number of nitrogens with two attached hydrogens (primary N) is 1. The number of alkyl halides is 3. The second kappa shape index (κ2) is 4.20. The molecular weight excluding hydrogens is 306 g/mol. The van der Waals surface area contributed by atoms with Crippen molar-refractivity contribution in [1.29, 1.82) is 0 Å². The van der Waals surface area contributed by atoms with E-state index in [1.807, 2.05) is 0 Å². The molecule has 0 aromatic heterocycles. The number of anilines is 1. The van der Waals surface area contributed by atoms with Gasteiger partial charge in [-0.1, -0.05) is 23.2 Å². The summed E-state index contributed by atoms with van der Waals surface area (Å²) in [5, 5.41) is -1.89. The van der Waals surface area contributed by atoms with Gasteiger partial charge in [-0.3, -0.25) is 4.55 Å². The highest BCUT2D eigenvalue weighted by Crippen LogP contribution is 2.44. The molecule has 96 valence electrons. The maximum absolute atomic E-state index is 12.6. The van der Waals surface area contributed by atoms with Gasteiger partial charge in [-0.25, -0.2) is 0 Å². The highest BCUT2D eigenvalue weighted by atomic mass is 35.5. The van der Waals surface area contributed by atoms with Crippen molar-refractivity contribution in [3.8, 4) is 0 Å². The van der Waals surface area contributed by atoms with Crippen LogP contribution in [0.25, 0.3) is 0 Å². The van der Waals surface area contributed by atoms with Crippen LogP contribution < -0.4 is 5.73 Å². The zero-order chi connectivity index (χ0) is 13.6. The van der Waals surface area contributed by atoms with Crippen molar-refractivity contribution < 1.29 is 26.1 Å². The molecule has 0 radical (unpaired) electrons. The predicted molar refractivity (Wildman–Crippen MR) is 55.7 cm³/mol. The molecule has 0 heterocycles. The average molecular weight is 310 g/mol. The van der Waals surface area contributed by atoms with Gasteiger partial charge in [0.2, 0.25) is 0 Å². The van der Waals surface area contributed by atoms with E-state index in [1.165, 1.54) is 0 Å². The third kappa shape index (κ3) is 2.76.